The Balaban J connectivity index is 0.000000121. The third kappa shape index (κ3) is 2.47. The zero-order valence-electron chi connectivity index (χ0n) is 13.2. The normalized spacial score (nSPS) is 33.8. The minimum Gasteiger partial charge on any atom is -0.507 e. The van der Waals surface area contributed by atoms with Crippen LogP contribution in [0.15, 0.2) is 12.1 Å². The van der Waals surface area contributed by atoms with Crippen LogP contribution < -0.4 is 0 Å². The van der Waals surface area contributed by atoms with Crippen molar-refractivity contribution in [1.82, 2.24) is 0 Å². The van der Waals surface area contributed by atoms with Gasteiger partial charge in [-0.25, -0.2) is 0 Å². The highest BCUT2D eigenvalue weighted by Gasteiger charge is 2.48. The quantitative estimate of drug-likeness (QED) is 0.692. The summed E-state index contributed by atoms with van der Waals surface area (Å²) in [7, 11) is 0. The zero-order valence-corrected chi connectivity index (χ0v) is 13.2. The minimum atomic E-state index is 0.422. The molecule has 1 aromatic carbocycles. The topological polar surface area (TPSA) is 20.2 Å². The molecule has 0 aromatic heterocycles. The second kappa shape index (κ2) is 5.42. The summed E-state index contributed by atoms with van der Waals surface area (Å²) >= 11 is 0. The number of rotatable bonds is 0. The zero-order chi connectivity index (χ0) is 14.3. The van der Waals surface area contributed by atoms with Crippen molar-refractivity contribution in [2.75, 3.05) is 0 Å². The number of aromatic hydroxyl groups is 1. The molecule has 0 radical (unpaired) electrons. The molecule has 1 N–H and O–H groups in total. The number of hydrogen-bond donors (Lipinski definition) is 1. The summed E-state index contributed by atoms with van der Waals surface area (Å²) in [5.41, 5.74) is 3.11. The SMILES string of the molecule is C1CC2C3CCC(C3)C2C1.Cc1cc(C)c(O)c(C)c1. The fourth-order valence-electron chi connectivity index (χ4n) is 5.19. The molecule has 3 saturated carbocycles. The van der Waals surface area contributed by atoms with Crippen molar-refractivity contribution in [3.63, 3.8) is 0 Å². The van der Waals surface area contributed by atoms with E-state index >= 15 is 0 Å². The molecule has 0 saturated heterocycles. The van der Waals surface area contributed by atoms with Gasteiger partial charge in [-0.1, -0.05) is 24.1 Å². The van der Waals surface area contributed by atoms with Gasteiger partial charge in [0.15, 0.2) is 0 Å². The van der Waals surface area contributed by atoms with Crippen LogP contribution in [0, 0.1) is 44.4 Å². The highest BCUT2D eigenvalue weighted by atomic mass is 16.3. The van der Waals surface area contributed by atoms with Crippen molar-refractivity contribution in [2.45, 2.75) is 59.3 Å². The number of hydrogen-bond acceptors (Lipinski definition) is 1. The number of fused-ring (bicyclic) bond motifs is 5. The fraction of sp³-hybridized carbons (Fsp3) is 0.684. The molecule has 0 spiro atoms. The summed E-state index contributed by atoms with van der Waals surface area (Å²) in [5.74, 6) is 5.22. The molecule has 4 unspecified atom stereocenters. The van der Waals surface area contributed by atoms with E-state index < -0.39 is 0 Å². The molecule has 3 aliphatic rings. The van der Waals surface area contributed by atoms with E-state index in [4.69, 9.17) is 0 Å². The molecule has 0 heterocycles. The maximum atomic E-state index is 9.33. The predicted molar refractivity (Wildman–Crippen MR) is 84.0 cm³/mol. The lowest BCUT2D eigenvalue weighted by Gasteiger charge is -2.23. The van der Waals surface area contributed by atoms with Gasteiger partial charge in [0.2, 0.25) is 0 Å². The first-order valence-corrected chi connectivity index (χ1v) is 8.33. The van der Waals surface area contributed by atoms with Gasteiger partial charge in [-0.05, 0) is 87.7 Å². The Bertz CT molecular complexity index is 452. The van der Waals surface area contributed by atoms with Crippen LogP contribution >= 0.6 is 0 Å². The maximum absolute atomic E-state index is 9.33. The van der Waals surface area contributed by atoms with Gasteiger partial charge >= 0.3 is 0 Å². The van der Waals surface area contributed by atoms with E-state index in [9.17, 15) is 5.11 Å². The Morgan fingerprint density at radius 2 is 1.35 bits per heavy atom. The molecule has 110 valence electrons. The molecule has 4 rings (SSSR count). The van der Waals surface area contributed by atoms with Crippen molar-refractivity contribution in [3.8, 4) is 5.75 Å². The summed E-state index contributed by atoms with van der Waals surface area (Å²) in [5, 5.41) is 9.33. The van der Waals surface area contributed by atoms with Crippen molar-refractivity contribution < 1.29 is 5.11 Å². The molecule has 0 aliphatic heterocycles. The average molecular weight is 272 g/mol. The van der Waals surface area contributed by atoms with Gasteiger partial charge in [0, 0.05) is 0 Å². The van der Waals surface area contributed by atoms with Gasteiger partial charge < -0.3 is 5.11 Å². The van der Waals surface area contributed by atoms with E-state index in [1.54, 1.807) is 38.5 Å². The Morgan fingerprint density at radius 1 is 0.850 bits per heavy atom. The Hall–Kier alpha value is -0.980. The maximum Gasteiger partial charge on any atom is 0.121 e. The number of benzene rings is 1. The number of phenolic OH excluding ortho intramolecular Hbond substituents is 1. The summed E-state index contributed by atoms with van der Waals surface area (Å²) in [4.78, 5) is 0. The van der Waals surface area contributed by atoms with Gasteiger partial charge in [0.1, 0.15) is 5.75 Å². The largest absolute Gasteiger partial charge is 0.507 e. The Morgan fingerprint density at radius 3 is 1.85 bits per heavy atom. The molecular weight excluding hydrogens is 244 g/mol. The first kappa shape index (κ1) is 14.0. The summed E-state index contributed by atoms with van der Waals surface area (Å²) in [6, 6.07) is 3.95. The Labute approximate surface area is 123 Å². The third-order valence-corrected chi connectivity index (χ3v) is 5.99. The predicted octanol–water partition coefficient (Wildman–Crippen LogP) is 5.15. The molecule has 2 bridgehead atoms. The van der Waals surface area contributed by atoms with Crippen LogP contribution in [0.25, 0.3) is 0 Å². The van der Waals surface area contributed by atoms with Crippen molar-refractivity contribution >= 4 is 0 Å². The first-order chi connectivity index (χ1) is 9.56. The molecule has 1 heteroatoms. The van der Waals surface area contributed by atoms with Crippen LogP contribution in [0.2, 0.25) is 0 Å². The molecule has 20 heavy (non-hydrogen) atoms. The molecule has 4 atom stereocenters. The lowest BCUT2D eigenvalue weighted by Crippen LogP contribution is -2.15. The van der Waals surface area contributed by atoms with E-state index in [1.165, 1.54) is 29.2 Å². The van der Waals surface area contributed by atoms with Gasteiger partial charge in [0.05, 0.1) is 0 Å². The van der Waals surface area contributed by atoms with Crippen LogP contribution in [0.3, 0.4) is 0 Å². The summed E-state index contributed by atoms with van der Waals surface area (Å²) < 4.78 is 0. The second-order valence-electron chi connectivity index (χ2n) is 7.34. The molecule has 3 aliphatic carbocycles. The average Bonchev–Trinajstić information content (AvgIpc) is 3.09. The molecular formula is C19H28O. The molecule has 0 amide bonds. The van der Waals surface area contributed by atoms with Crippen LogP contribution in [0.5, 0.6) is 5.75 Å². The van der Waals surface area contributed by atoms with E-state index in [-0.39, 0.29) is 0 Å². The highest BCUT2D eigenvalue weighted by Crippen LogP contribution is 2.58. The monoisotopic (exact) mass is 272 g/mol. The molecule has 3 fully saturated rings. The molecule has 1 nitrogen and oxygen atoms in total. The first-order valence-electron chi connectivity index (χ1n) is 8.33. The number of aryl methyl sites for hydroxylation is 3. The van der Waals surface area contributed by atoms with Crippen molar-refractivity contribution in [2.24, 2.45) is 23.7 Å². The van der Waals surface area contributed by atoms with Crippen LogP contribution in [-0.2, 0) is 0 Å². The van der Waals surface area contributed by atoms with Crippen LogP contribution in [0.1, 0.15) is 55.2 Å². The second-order valence-corrected chi connectivity index (χ2v) is 7.34. The summed E-state index contributed by atoms with van der Waals surface area (Å²) in [6.45, 7) is 5.85. The Kier molecular flexibility index (Phi) is 3.79. The molecule has 1 aromatic rings. The van der Waals surface area contributed by atoms with E-state index in [2.05, 4.69) is 0 Å². The van der Waals surface area contributed by atoms with Gasteiger partial charge in [-0.3, -0.25) is 0 Å². The van der Waals surface area contributed by atoms with Gasteiger partial charge in [0.25, 0.3) is 0 Å². The van der Waals surface area contributed by atoms with Crippen molar-refractivity contribution in [1.29, 1.82) is 0 Å². The number of phenols is 1. The smallest absolute Gasteiger partial charge is 0.121 e. The van der Waals surface area contributed by atoms with Crippen molar-refractivity contribution in [3.05, 3.63) is 28.8 Å². The lowest BCUT2D eigenvalue weighted by molar-refractivity contribution is 0.259. The van der Waals surface area contributed by atoms with Crippen LogP contribution in [0.4, 0.5) is 0 Å². The van der Waals surface area contributed by atoms with Crippen LogP contribution in [-0.4, -0.2) is 5.11 Å². The fourth-order valence-corrected chi connectivity index (χ4v) is 5.19. The minimum absolute atomic E-state index is 0.422. The lowest BCUT2D eigenvalue weighted by atomic mass is 9.82. The van der Waals surface area contributed by atoms with E-state index in [0.29, 0.717) is 5.75 Å². The van der Waals surface area contributed by atoms with E-state index in [0.717, 1.165) is 11.1 Å². The third-order valence-electron chi connectivity index (χ3n) is 5.99. The standard InChI is InChI=1S/C10H16.C9H12O/c1-2-9-7-4-5-8(6-7)10(9)3-1;1-6-4-7(2)9(10)8(3)5-6/h7-10H,1-6H2;4-5,10H,1-3H3. The van der Waals surface area contributed by atoms with Gasteiger partial charge in [-0.15, -0.1) is 0 Å². The van der Waals surface area contributed by atoms with E-state index in [1.807, 2.05) is 32.9 Å². The summed E-state index contributed by atoms with van der Waals surface area (Å²) in [6.07, 6.45) is 9.53. The van der Waals surface area contributed by atoms with Gasteiger partial charge in [-0.2, -0.15) is 0 Å². The highest BCUT2D eigenvalue weighted by molar-refractivity contribution is 5.41.